The second kappa shape index (κ2) is 5.87. The molecule has 3 rings (SSSR count). The highest BCUT2D eigenvalue weighted by atomic mass is 15.0. The first-order valence-corrected chi connectivity index (χ1v) is 7.26. The van der Waals surface area contributed by atoms with Crippen molar-refractivity contribution in [1.29, 1.82) is 0 Å². The zero-order chi connectivity index (χ0) is 14.7. The molecule has 4 nitrogen and oxygen atoms in total. The summed E-state index contributed by atoms with van der Waals surface area (Å²) >= 11 is 0. The van der Waals surface area contributed by atoms with Crippen LogP contribution in [0.4, 0.5) is 5.82 Å². The topological polar surface area (TPSA) is 50.7 Å². The van der Waals surface area contributed by atoms with Gasteiger partial charge in [0.25, 0.3) is 0 Å². The Hall–Kier alpha value is -2.49. The van der Waals surface area contributed by atoms with E-state index in [4.69, 9.17) is 0 Å². The number of fused-ring (bicyclic) bond motifs is 1. The van der Waals surface area contributed by atoms with Gasteiger partial charge in [0.15, 0.2) is 0 Å². The lowest BCUT2D eigenvalue weighted by Gasteiger charge is -2.12. The van der Waals surface area contributed by atoms with E-state index < -0.39 is 0 Å². The van der Waals surface area contributed by atoms with E-state index in [0.29, 0.717) is 0 Å². The molecular formula is C17H18N4. The molecule has 0 aliphatic heterocycles. The summed E-state index contributed by atoms with van der Waals surface area (Å²) in [6, 6.07) is 10.3. The maximum atomic E-state index is 4.49. The van der Waals surface area contributed by atoms with Crippen LogP contribution in [0.3, 0.4) is 0 Å². The summed E-state index contributed by atoms with van der Waals surface area (Å²) in [5.74, 6) is 0.922. The first-order valence-electron chi connectivity index (χ1n) is 7.26. The van der Waals surface area contributed by atoms with Crippen molar-refractivity contribution >= 4 is 16.7 Å². The Morgan fingerprint density at radius 2 is 1.95 bits per heavy atom. The predicted molar refractivity (Wildman–Crippen MR) is 86.3 cm³/mol. The second-order valence-electron chi connectivity index (χ2n) is 4.84. The minimum atomic E-state index is 0.850. The van der Waals surface area contributed by atoms with Gasteiger partial charge in [-0.25, -0.2) is 9.97 Å². The van der Waals surface area contributed by atoms with Crippen molar-refractivity contribution in [2.24, 2.45) is 0 Å². The monoisotopic (exact) mass is 278 g/mol. The van der Waals surface area contributed by atoms with Gasteiger partial charge in [-0.05, 0) is 25.5 Å². The standard InChI is InChI=1S/C17H18N4/c1-3-14-16(20-11-21-17(14)18-4-2)13-8-7-12-6-5-9-19-15(12)10-13/h5-11H,3-4H2,1-2H3,(H,18,20,21). The molecule has 0 aliphatic rings. The van der Waals surface area contributed by atoms with Gasteiger partial charge in [-0.3, -0.25) is 4.98 Å². The first-order chi connectivity index (χ1) is 10.3. The molecule has 2 aromatic heterocycles. The maximum Gasteiger partial charge on any atom is 0.133 e. The van der Waals surface area contributed by atoms with Crippen molar-refractivity contribution in [3.05, 3.63) is 48.4 Å². The number of hydrogen-bond acceptors (Lipinski definition) is 4. The molecule has 0 saturated carbocycles. The largest absolute Gasteiger partial charge is 0.370 e. The Morgan fingerprint density at radius 1 is 1.05 bits per heavy atom. The zero-order valence-electron chi connectivity index (χ0n) is 12.3. The van der Waals surface area contributed by atoms with Crippen molar-refractivity contribution in [3.63, 3.8) is 0 Å². The van der Waals surface area contributed by atoms with E-state index in [-0.39, 0.29) is 0 Å². The van der Waals surface area contributed by atoms with Gasteiger partial charge >= 0.3 is 0 Å². The van der Waals surface area contributed by atoms with Gasteiger partial charge in [0.1, 0.15) is 12.1 Å². The van der Waals surface area contributed by atoms with Crippen LogP contribution in [0, 0.1) is 0 Å². The van der Waals surface area contributed by atoms with Crippen LogP contribution in [-0.4, -0.2) is 21.5 Å². The van der Waals surface area contributed by atoms with Crippen LogP contribution < -0.4 is 5.32 Å². The van der Waals surface area contributed by atoms with Crippen LogP contribution in [0.1, 0.15) is 19.4 Å². The number of hydrogen-bond donors (Lipinski definition) is 1. The van der Waals surface area contributed by atoms with E-state index in [1.54, 1.807) is 6.33 Å². The molecule has 21 heavy (non-hydrogen) atoms. The number of aromatic nitrogens is 3. The number of nitrogens with zero attached hydrogens (tertiary/aromatic N) is 3. The third-order valence-corrected chi connectivity index (χ3v) is 3.52. The molecule has 3 aromatic rings. The molecule has 0 amide bonds. The van der Waals surface area contributed by atoms with Crippen LogP contribution in [0.25, 0.3) is 22.2 Å². The average molecular weight is 278 g/mol. The molecule has 4 heteroatoms. The van der Waals surface area contributed by atoms with Gasteiger partial charge < -0.3 is 5.32 Å². The van der Waals surface area contributed by atoms with Crippen molar-refractivity contribution < 1.29 is 0 Å². The quantitative estimate of drug-likeness (QED) is 0.791. The van der Waals surface area contributed by atoms with Crippen LogP contribution in [0.2, 0.25) is 0 Å². The van der Waals surface area contributed by atoms with Crippen molar-refractivity contribution in [1.82, 2.24) is 15.0 Å². The van der Waals surface area contributed by atoms with Gasteiger partial charge in [0.2, 0.25) is 0 Å². The molecule has 0 saturated heterocycles. The lowest BCUT2D eigenvalue weighted by Crippen LogP contribution is -2.05. The number of benzene rings is 1. The van der Waals surface area contributed by atoms with Crippen molar-refractivity contribution in [3.8, 4) is 11.3 Å². The molecule has 1 N–H and O–H groups in total. The molecule has 0 spiro atoms. The molecule has 0 fully saturated rings. The Balaban J connectivity index is 2.15. The van der Waals surface area contributed by atoms with Crippen LogP contribution in [0.5, 0.6) is 0 Å². The van der Waals surface area contributed by atoms with Crippen LogP contribution in [-0.2, 0) is 6.42 Å². The Labute approximate surface area is 124 Å². The Morgan fingerprint density at radius 3 is 2.76 bits per heavy atom. The molecule has 1 aromatic carbocycles. The second-order valence-corrected chi connectivity index (χ2v) is 4.84. The first kappa shape index (κ1) is 13.5. The third kappa shape index (κ3) is 2.57. The number of rotatable bonds is 4. The summed E-state index contributed by atoms with van der Waals surface area (Å²) in [5, 5.41) is 4.45. The SMILES string of the molecule is CCNc1ncnc(-c2ccc3cccnc3c2)c1CC. The Kier molecular flexibility index (Phi) is 3.77. The minimum absolute atomic E-state index is 0.850. The molecule has 0 bridgehead atoms. The Bertz CT molecular complexity index is 768. The lowest BCUT2D eigenvalue weighted by molar-refractivity contribution is 1.03. The van der Waals surface area contributed by atoms with E-state index in [2.05, 4.69) is 58.4 Å². The van der Waals surface area contributed by atoms with Crippen LogP contribution >= 0.6 is 0 Å². The number of pyridine rings is 1. The normalized spacial score (nSPS) is 10.8. The van der Waals surface area contributed by atoms with Crippen molar-refractivity contribution in [2.45, 2.75) is 20.3 Å². The fourth-order valence-electron chi connectivity index (χ4n) is 2.53. The van der Waals surface area contributed by atoms with Crippen molar-refractivity contribution in [2.75, 3.05) is 11.9 Å². The van der Waals surface area contributed by atoms with E-state index in [1.807, 2.05) is 12.3 Å². The average Bonchev–Trinajstić information content (AvgIpc) is 2.54. The molecule has 0 radical (unpaired) electrons. The van der Waals surface area contributed by atoms with Crippen LogP contribution in [0.15, 0.2) is 42.9 Å². The molecular weight excluding hydrogens is 260 g/mol. The molecule has 0 aliphatic carbocycles. The van der Waals surface area contributed by atoms with E-state index >= 15 is 0 Å². The third-order valence-electron chi connectivity index (χ3n) is 3.52. The summed E-state index contributed by atoms with van der Waals surface area (Å²) in [6.45, 7) is 5.05. The molecule has 0 atom stereocenters. The highest BCUT2D eigenvalue weighted by Crippen LogP contribution is 2.28. The van der Waals surface area contributed by atoms with Gasteiger partial charge in [-0.15, -0.1) is 0 Å². The lowest BCUT2D eigenvalue weighted by atomic mass is 10.0. The summed E-state index contributed by atoms with van der Waals surface area (Å²) in [7, 11) is 0. The fourth-order valence-corrected chi connectivity index (χ4v) is 2.53. The minimum Gasteiger partial charge on any atom is -0.370 e. The number of anilines is 1. The fraction of sp³-hybridized carbons (Fsp3) is 0.235. The van der Waals surface area contributed by atoms with E-state index in [0.717, 1.165) is 46.5 Å². The number of nitrogens with one attached hydrogen (secondary N) is 1. The maximum absolute atomic E-state index is 4.49. The summed E-state index contributed by atoms with van der Waals surface area (Å²) in [5.41, 5.74) is 4.20. The predicted octanol–water partition coefficient (Wildman–Crippen LogP) is 3.69. The summed E-state index contributed by atoms with van der Waals surface area (Å²) in [6.07, 6.45) is 4.32. The van der Waals surface area contributed by atoms with Gasteiger partial charge in [-0.1, -0.05) is 25.1 Å². The highest BCUT2D eigenvalue weighted by molar-refractivity contribution is 5.84. The van der Waals surface area contributed by atoms with Gasteiger partial charge in [0.05, 0.1) is 11.2 Å². The van der Waals surface area contributed by atoms with E-state index in [9.17, 15) is 0 Å². The highest BCUT2D eigenvalue weighted by Gasteiger charge is 2.11. The molecule has 2 heterocycles. The molecule has 0 unspecified atom stereocenters. The van der Waals surface area contributed by atoms with Gasteiger partial charge in [-0.2, -0.15) is 0 Å². The van der Waals surface area contributed by atoms with E-state index in [1.165, 1.54) is 0 Å². The smallest absolute Gasteiger partial charge is 0.133 e. The van der Waals surface area contributed by atoms with Gasteiger partial charge in [0, 0.05) is 29.3 Å². The summed E-state index contributed by atoms with van der Waals surface area (Å²) < 4.78 is 0. The summed E-state index contributed by atoms with van der Waals surface area (Å²) in [4.78, 5) is 13.3. The zero-order valence-corrected chi connectivity index (χ0v) is 12.3. The molecule has 106 valence electrons.